The second kappa shape index (κ2) is 12.4. The van der Waals surface area contributed by atoms with Crippen molar-refractivity contribution in [3.8, 4) is 0 Å². The minimum absolute atomic E-state index is 0.0690. The van der Waals surface area contributed by atoms with Gasteiger partial charge in [-0.3, -0.25) is 19.7 Å². The number of amides is 4. The van der Waals surface area contributed by atoms with Crippen molar-refractivity contribution in [1.29, 1.82) is 0 Å². The van der Waals surface area contributed by atoms with Crippen molar-refractivity contribution in [2.75, 3.05) is 11.9 Å². The topological polar surface area (TPSA) is 150 Å². The second-order valence-corrected chi connectivity index (χ2v) is 8.31. The molecule has 10 heteroatoms. The number of nitrogens with one attached hydrogen (secondary N) is 4. The molecule has 1 aromatic carbocycles. The molecule has 0 radical (unpaired) electrons. The molecule has 0 spiro atoms. The van der Waals surface area contributed by atoms with E-state index in [2.05, 4.69) is 21.3 Å². The van der Waals surface area contributed by atoms with Crippen molar-refractivity contribution in [1.82, 2.24) is 16.0 Å². The Labute approximate surface area is 197 Å². The molecule has 1 unspecified atom stereocenters. The number of hydrogen-bond acceptors (Lipinski definition) is 5. The molecule has 1 fully saturated rings. The van der Waals surface area contributed by atoms with Crippen LogP contribution >= 0.6 is 0 Å². The van der Waals surface area contributed by atoms with Gasteiger partial charge in [-0.1, -0.05) is 49.6 Å². The molecule has 5 N–H and O–H groups in total. The highest BCUT2D eigenvalue weighted by atomic mass is 16.4. The van der Waals surface area contributed by atoms with Gasteiger partial charge in [0.1, 0.15) is 0 Å². The van der Waals surface area contributed by atoms with Crippen molar-refractivity contribution in [2.24, 2.45) is 5.92 Å². The largest absolute Gasteiger partial charge is 0.481 e. The third-order valence-electron chi connectivity index (χ3n) is 5.73. The quantitative estimate of drug-likeness (QED) is 0.360. The van der Waals surface area contributed by atoms with E-state index in [4.69, 9.17) is 4.42 Å². The van der Waals surface area contributed by atoms with E-state index < -0.39 is 29.9 Å². The minimum Gasteiger partial charge on any atom is -0.481 e. The molecule has 1 aliphatic carbocycles. The van der Waals surface area contributed by atoms with Gasteiger partial charge in [0.2, 0.25) is 11.8 Å². The number of anilines is 1. The van der Waals surface area contributed by atoms with Crippen molar-refractivity contribution in [3.63, 3.8) is 0 Å². The van der Waals surface area contributed by atoms with Crippen LogP contribution in [0.25, 0.3) is 0 Å². The zero-order chi connectivity index (χ0) is 24.3. The number of carboxylic acids is 1. The maximum atomic E-state index is 12.3. The van der Waals surface area contributed by atoms with E-state index in [0.717, 1.165) is 37.7 Å². The molecule has 1 aromatic heterocycles. The van der Waals surface area contributed by atoms with E-state index in [1.54, 1.807) is 0 Å². The Bertz CT molecular complexity index is 984. The Hall–Kier alpha value is -3.82. The predicted octanol–water partition coefficient (Wildman–Crippen LogP) is 2.87. The number of carbonyl (C=O) groups excluding carboxylic acids is 3. The van der Waals surface area contributed by atoms with Gasteiger partial charge in [-0.15, -0.1) is 0 Å². The minimum atomic E-state index is -0.969. The van der Waals surface area contributed by atoms with Crippen LogP contribution in [0.2, 0.25) is 0 Å². The smallest absolute Gasteiger partial charge is 0.321 e. The number of rotatable bonds is 10. The summed E-state index contributed by atoms with van der Waals surface area (Å²) in [5, 5.41) is 19.6. The number of hydrogen-bond donors (Lipinski definition) is 5. The zero-order valence-electron chi connectivity index (χ0n) is 18.8. The van der Waals surface area contributed by atoms with Gasteiger partial charge in [0.25, 0.3) is 5.91 Å². The summed E-state index contributed by atoms with van der Waals surface area (Å²) in [6, 6.07) is 11.2. The van der Waals surface area contributed by atoms with Crippen molar-refractivity contribution in [3.05, 3.63) is 53.8 Å². The molecule has 0 aliphatic heterocycles. The average Bonchev–Trinajstić information content (AvgIpc) is 3.30. The number of aliphatic carboxylic acids is 1. The molecule has 182 valence electrons. The molecule has 4 amide bonds. The van der Waals surface area contributed by atoms with Gasteiger partial charge in [0, 0.05) is 18.7 Å². The summed E-state index contributed by atoms with van der Waals surface area (Å²) in [5.41, 5.74) is 0.935. The summed E-state index contributed by atoms with van der Waals surface area (Å²) in [4.78, 5) is 47.9. The summed E-state index contributed by atoms with van der Waals surface area (Å²) in [5.74, 6) is -1.92. The summed E-state index contributed by atoms with van der Waals surface area (Å²) in [6.07, 6.45) is 4.77. The first kappa shape index (κ1) is 24.8. The van der Waals surface area contributed by atoms with Crippen LogP contribution in [-0.2, 0) is 16.1 Å². The number of carboxylic acid groups (broad SMARTS) is 1. The zero-order valence-corrected chi connectivity index (χ0v) is 18.8. The highest BCUT2D eigenvalue weighted by molar-refractivity contribution is 5.95. The van der Waals surface area contributed by atoms with Crippen LogP contribution in [0, 0.1) is 5.92 Å². The van der Waals surface area contributed by atoms with Crippen LogP contribution in [-0.4, -0.2) is 41.5 Å². The molecular weight excluding hydrogens is 440 g/mol. The van der Waals surface area contributed by atoms with Gasteiger partial charge < -0.3 is 25.5 Å². The molecule has 0 saturated heterocycles. The van der Waals surface area contributed by atoms with Crippen LogP contribution in [0.4, 0.5) is 10.7 Å². The Kier molecular flexibility index (Phi) is 9.07. The maximum absolute atomic E-state index is 12.3. The lowest BCUT2D eigenvalue weighted by Gasteiger charge is -2.30. The van der Waals surface area contributed by atoms with Crippen LogP contribution in [0.1, 0.15) is 54.6 Å². The second-order valence-electron chi connectivity index (χ2n) is 8.31. The molecular formula is C24H30N4O6. The molecule has 10 nitrogen and oxygen atoms in total. The summed E-state index contributed by atoms with van der Waals surface area (Å²) in [6.45, 7) is 0.0161. The average molecular weight is 471 g/mol. The van der Waals surface area contributed by atoms with E-state index in [0.29, 0.717) is 6.54 Å². The van der Waals surface area contributed by atoms with Gasteiger partial charge in [-0.25, -0.2) is 4.79 Å². The van der Waals surface area contributed by atoms with Crippen LogP contribution < -0.4 is 21.3 Å². The lowest BCUT2D eigenvalue weighted by molar-refractivity contribution is -0.138. The van der Waals surface area contributed by atoms with Gasteiger partial charge in [0.05, 0.1) is 13.0 Å². The maximum Gasteiger partial charge on any atom is 0.321 e. The van der Waals surface area contributed by atoms with E-state index in [-0.39, 0.29) is 30.5 Å². The first-order valence-corrected chi connectivity index (χ1v) is 11.4. The van der Waals surface area contributed by atoms with Crippen LogP contribution in [0.5, 0.6) is 0 Å². The van der Waals surface area contributed by atoms with Crippen molar-refractivity contribution >= 4 is 29.7 Å². The predicted molar refractivity (Wildman–Crippen MR) is 124 cm³/mol. The van der Waals surface area contributed by atoms with Crippen LogP contribution in [0.15, 0.2) is 46.9 Å². The van der Waals surface area contributed by atoms with Crippen molar-refractivity contribution in [2.45, 2.75) is 51.1 Å². The Morgan fingerprint density at radius 2 is 1.71 bits per heavy atom. The SMILES string of the molecule is O=C(O)CC(NC(=O)CNC(=O)c1ccc(NC(=O)NCc2ccccc2)o1)C1CCCCC1. The fourth-order valence-electron chi connectivity index (χ4n) is 4.03. The van der Waals surface area contributed by atoms with E-state index in [1.807, 2.05) is 30.3 Å². The normalized spacial score (nSPS) is 14.6. The number of furan rings is 1. The number of benzene rings is 1. The first-order valence-electron chi connectivity index (χ1n) is 11.4. The molecule has 1 atom stereocenters. The van der Waals surface area contributed by atoms with Gasteiger partial charge in [-0.2, -0.15) is 0 Å². The Morgan fingerprint density at radius 1 is 0.971 bits per heavy atom. The molecule has 2 aromatic rings. The van der Waals surface area contributed by atoms with Gasteiger partial charge >= 0.3 is 12.0 Å². The van der Waals surface area contributed by atoms with Gasteiger partial charge in [0.15, 0.2) is 5.76 Å². The fraction of sp³-hybridized carbons (Fsp3) is 0.417. The summed E-state index contributed by atoms with van der Waals surface area (Å²) in [7, 11) is 0. The molecule has 1 aliphatic rings. The highest BCUT2D eigenvalue weighted by Gasteiger charge is 2.27. The summed E-state index contributed by atoms with van der Waals surface area (Å²) < 4.78 is 5.34. The van der Waals surface area contributed by atoms with E-state index in [1.165, 1.54) is 12.1 Å². The summed E-state index contributed by atoms with van der Waals surface area (Å²) >= 11 is 0. The van der Waals surface area contributed by atoms with Crippen molar-refractivity contribution < 1.29 is 28.7 Å². The van der Waals surface area contributed by atoms with Crippen LogP contribution in [0.3, 0.4) is 0 Å². The van der Waals surface area contributed by atoms with E-state index >= 15 is 0 Å². The highest BCUT2D eigenvalue weighted by Crippen LogP contribution is 2.27. The first-order chi connectivity index (χ1) is 16.4. The Balaban J connectivity index is 1.43. The molecule has 1 heterocycles. The van der Waals surface area contributed by atoms with E-state index in [9.17, 15) is 24.3 Å². The fourth-order valence-corrected chi connectivity index (χ4v) is 4.03. The van der Waals surface area contributed by atoms with Gasteiger partial charge in [-0.05, 0) is 30.4 Å². The third kappa shape index (κ3) is 7.95. The molecule has 1 saturated carbocycles. The molecule has 0 bridgehead atoms. The number of carbonyl (C=O) groups is 4. The Morgan fingerprint density at radius 3 is 2.41 bits per heavy atom. The monoisotopic (exact) mass is 470 g/mol. The lowest BCUT2D eigenvalue weighted by atomic mass is 9.82. The standard InChI is InChI=1S/C24H30N4O6/c29-20(27-18(13-22(30)31)17-9-5-2-6-10-17)15-25-23(32)19-11-12-21(34-19)28-24(33)26-14-16-7-3-1-4-8-16/h1,3-4,7-8,11-12,17-18H,2,5-6,9-10,13-15H2,(H,25,32)(H,27,29)(H,30,31)(H2,26,28,33). The third-order valence-corrected chi connectivity index (χ3v) is 5.73. The molecule has 34 heavy (non-hydrogen) atoms. The molecule has 3 rings (SSSR count). The number of urea groups is 1. The lowest BCUT2D eigenvalue weighted by Crippen LogP contribution is -2.46.